The van der Waals surface area contributed by atoms with Crippen LogP contribution in [0.3, 0.4) is 0 Å². The quantitative estimate of drug-likeness (QED) is 0.813. The molecule has 0 unspecified atom stereocenters. The number of thioether (sulfide) groups is 1. The minimum absolute atomic E-state index is 0.408. The molecular formula is C13H10F2OS. The lowest BCUT2D eigenvalue weighted by molar-refractivity contribution is 0.396. The Hall–Kier alpha value is -1.55. The van der Waals surface area contributed by atoms with Crippen LogP contribution in [0.2, 0.25) is 0 Å². The summed E-state index contributed by atoms with van der Waals surface area (Å²) in [4.78, 5) is 1.08. The molecule has 0 aliphatic heterocycles. The van der Waals surface area contributed by atoms with Gasteiger partial charge in [0.15, 0.2) is 17.4 Å². The highest BCUT2D eigenvalue weighted by Gasteiger charge is 2.10. The first-order valence-electron chi connectivity index (χ1n) is 4.94. The Kier molecular flexibility index (Phi) is 3.33. The SMILES string of the molecule is CSc1ccc(-c2cc(F)c(O)c(F)c2)cc1. The second-order valence-electron chi connectivity index (χ2n) is 3.52. The fourth-order valence-electron chi connectivity index (χ4n) is 1.52. The van der Waals surface area contributed by atoms with Gasteiger partial charge >= 0.3 is 0 Å². The first-order valence-corrected chi connectivity index (χ1v) is 6.16. The predicted octanol–water partition coefficient (Wildman–Crippen LogP) is 4.06. The molecule has 0 fully saturated rings. The lowest BCUT2D eigenvalue weighted by atomic mass is 10.1. The van der Waals surface area contributed by atoms with Gasteiger partial charge < -0.3 is 5.11 Å². The van der Waals surface area contributed by atoms with Crippen molar-refractivity contribution in [3.63, 3.8) is 0 Å². The molecule has 88 valence electrons. The zero-order valence-corrected chi connectivity index (χ0v) is 9.89. The third kappa shape index (κ3) is 2.42. The second kappa shape index (κ2) is 4.75. The minimum Gasteiger partial charge on any atom is -0.503 e. The number of hydrogen-bond acceptors (Lipinski definition) is 2. The van der Waals surface area contributed by atoms with Crippen molar-refractivity contribution in [3.05, 3.63) is 48.0 Å². The predicted molar refractivity (Wildman–Crippen MR) is 65.2 cm³/mol. The van der Waals surface area contributed by atoms with Crippen LogP contribution in [0.15, 0.2) is 41.3 Å². The number of phenolic OH excluding ortho intramolecular Hbond substituents is 1. The Balaban J connectivity index is 2.45. The van der Waals surface area contributed by atoms with Crippen molar-refractivity contribution in [3.8, 4) is 16.9 Å². The zero-order valence-electron chi connectivity index (χ0n) is 9.08. The van der Waals surface area contributed by atoms with E-state index < -0.39 is 17.4 Å². The smallest absolute Gasteiger partial charge is 0.187 e. The van der Waals surface area contributed by atoms with Gasteiger partial charge in [0.2, 0.25) is 0 Å². The fraction of sp³-hybridized carbons (Fsp3) is 0.0769. The summed E-state index contributed by atoms with van der Waals surface area (Å²) < 4.78 is 26.4. The number of hydrogen-bond donors (Lipinski definition) is 1. The molecule has 2 rings (SSSR count). The van der Waals surface area contributed by atoms with E-state index in [1.165, 1.54) is 0 Å². The molecule has 2 aromatic carbocycles. The number of benzene rings is 2. The monoisotopic (exact) mass is 252 g/mol. The molecule has 1 nitrogen and oxygen atoms in total. The van der Waals surface area contributed by atoms with E-state index in [0.717, 1.165) is 17.0 Å². The first-order chi connectivity index (χ1) is 8.11. The van der Waals surface area contributed by atoms with Crippen molar-refractivity contribution in [2.45, 2.75) is 4.90 Å². The Labute approximate surface area is 102 Å². The highest BCUT2D eigenvalue weighted by molar-refractivity contribution is 7.98. The van der Waals surface area contributed by atoms with Crippen molar-refractivity contribution < 1.29 is 13.9 Å². The molecule has 0 aliphatic carbocycles. The topological polar surface area (TPSA) is 20.2 Å². The lowest BCUT2D eigenvalue weighted by Crippen LogP contribution is -1.86. The highest BCUT2D eigenvalue weighted by Crippen LogP contribution is 2.29. The van der Waals surface area contributed by atoms with Gasteiger partial charge in [0.25, 0.3) is 0 Å². The molecule has 0 saturated carbocycles. The van der Waals surface area contributed by atoms with Crippen LogP contribution < -0.4 is 0 Å². The molecule has 0 aromatic heterocycles. The molecule has 4 heteroatoms. The van der Waals surface area contributed by atoms with E-state index in [0.29, 0.717) is 11.1 Å². The molecule has 0 radical (unpaired) electrons. The first kappa shape index (κ1) is 11.9. The average Bonchev–Trinajstić information content (AvgIpc) is 2.35. The number of halogens is 2. The van der Waals surface area contributed by atoms with Crippen LogP contribution in [0.1, 0.15) is 0 Å². The Bertz CT molecular complexity index is 515. The maximum absolute atomic E-state index is 13.2. The summed E-state index contributed by atoms with van der Waals surface area (Å²) in [6.07, 6.45) is 1.95. The largest absolute Gasteiger partial charge is 0.503 e. The Morgan fingerprint density at radius 3 is 1.94 bits per heavy atom. The summed E-state index contributed by atoms with van der Waals surface area (Å²) in [6, 6.07) is 9.57. The van der Waals surface area contributed by atoms with E-state index in [1.54, 1.807) is 23.9 Å². The van der Waals surface area contributed by atoms with Gasteiger partial charge in [-0.2, -0.15) is 0 Å². The van der Waals surface area contributed by atoms with Crippen molar-refractivity contribution in [1.29, 1.82) is 0 Å². The van der Waals surface area contributed by atoms with Gasteiger partial charge in [-0.1, -0.05) is 12.1 Å². The van der Waals surface area contributed by atoms with Gasteiger partial charge in [0, 0.05) is 4.90 Å². The third-order valence-corrected chi connectivity index (χ3v) is 3.18. The van der Waals surface area contributed by atoms with Crippen molar-refractivity contribution in [1.82, 2.24) is 0 Å². The zero-order chi connectivity index (χ0) is 12.4. The lowest BCUT2D eigenvalue weighted by Gasteiger charge is -2.05. The van der Waals surface area contributed by atoms with Crippen LogP contribution in [0.4, 0.5) is 8.78 Å². The van der Waals surface area contributed by atoms with Crippen LogP contribution in [0, 0.1) is 11.6 Å². The molecular weight excluding hydrogens is 242 g/mol. The number of phenols is 1. The van der Waals surface area contributed by atoms with Gasteiger partial charge in [-0.05, 0) is 41.6 Å². The van der Waals surface area contributed by atoms with Crippen LogP contribution in [-0.2, 0) is 0 Å². The van der Waals surface area contributed by atoms with Crippen LogP contribution in [-0.4, -0.2) is 11.4 Å². The van der Waals surface area contributed by atoms with Crippen molar-refractivity contribution in [2.75, 3.05) is 6.26 Å². The summed E-state index contributed by atoms with van der Waals surface area (Å²) in [5.41, 5.74) is 1.12. The molecule has 2 aromatic rings. The van der Waals surface area contributed by atoms with E-state index in [9.17, 15) is 8.78 Å². The molecule has 17 heavy (non-hydrogen) atoms. The molecule has 0 aliphatic rings. The van der Waals surface area contributed by atoms with Gasteiger partial charge in [-0.15, -0.1) is 11.8 Å². The molecule has 0 heterocycles. The maximum atomic E-state index is 13.2. The van der Waals surface area contributed by atoms with E-state index in [4.69, 9.17) is 5.11 Å². The van der Waals surface area contributed by atoms with Crippen LogP contribution >= 0.6 is 11.8 Å². The number of aromatic hydroxyl groups is 1. The molecule has 1 N–H and O–H groups in total. The standard InChI is InChI=1S/C13H10F2OS/c1-17-10-4-2-8(3-5-10)9-6-11(14)13(16)12(15)7-9/h2-7,16H,1H3. The van der Waals surface area contributed by atoms with Gasteiger partial charge in [0.05, 0.1) is 0 Å². The normalized spacial score (nSPS) is 10.5. The van der Waals surface area contributed by atoms with Gasteiger partial charge in [0.1, 0.15) is 0 Å². The Morgan fingerprint density at radius 1 is 0.941 bits per heavy atom. The summed E-state index contributed by atoms with van der Waals surface area (Å²) in [5.74, 6) is -2.84. The van der Waals surface area contributed by atoms with Crippen molar-refractivity contribution in [2.24, 2.45) is 0 Å². The van der Waals surface area contributed by atoms with E-state index in [2.05, 4.69) is 0 Å². The van der Waals surface area contributed by atoms with Gasteiger partial charge in [-0.25, -0.2) is 8.78 Å². The van der Waals surface area contributed by atoms with Gasteiger partial charge in [-0.3, -0.25) is 0 Å². The molecule has 0 spiro atoms. The molecule has 0 saturated heterocycles. The summed E-state index contributed by atoms with van der Waals surface area (Å²) >= 11 is 1.59. The molecule has 0 bridgehead atoms. The number of rotatable bonds is 2. The van der Waals surface area contributed by atoms with Crippen molar-refractivity contribution >= 4 is 11.8 Å². The second-order valence-corrected chi connectivity index (χ2v) is 4.40. The summed E-state index contributed by atoms with van der Waals surface area (Å²) in [5, 5.41) is 9.01. The van der Waals surface area contributed by atoms with Crippen LogP contribution in [0.5, 0.6) is 5.75 Å². The average molecular weight is 252 g/mol. The maximum Gasteiger partial charge on any atom is 0.187 e. The van der Waals surface area contributed by atoms with E-state index >= 15 is 0 Å². The van der Waals surface area contributed by atoms with Crippen LogP contribution in [0.25, 0.3) is 11.1 Å². The molecule has 0 amide bonds. The van der Waals surface area contributed by atoms with E-state index in [-0.39, 0.29) is 0 Å². The minimum atomic E-state index is -0.950. The summed E-state index contributed by atoms with van der Waals surface area (Å²) in [7, 11) is 0. The Morgan fingerprint density at radius 2 is 1.47 bits per heavy atom. The third-order valence-electron chi connectivity index (χ3n) is 2.44. The summed E-state index contributed by atoms with van der Waals surface area (Å²) in [6.45, 7) is 0. The molecule has 0 atom stereocenters. The van der Waals surface area contributed by atoms with E-state index in [1.807, 2.05) is 18.4 Å². The fourth-order valence-corrected chi connectivity index (χ4v) is 1.92. The highest BCUT2D eigenvalue weighted by atomic mass is 32.2.